The molecule has 0 bridgehead atoms. The molecule has 22 heavy (non-hydrogen) atoms. The first-order valence-corrected chi connectivity index (χ1v) is 7.44. The van der Waals surface area contributed by atoms with Crippen LogP contribution in [-0.4, -0.2) is 50.2 Å². The first kappa shape index (κ1) is 27.1. The van der Waals surface area contributed by atoms with Crippen molar-refractivity contribution in [2.45, 2.75) is 23.9 Å². The second-order valence-electron chi connectivity index (χ2n) is 3.12. The van der Waals surface area contributed by atoms with Gasteiger partial charge >= 0.3 is 37.2 Å². The van der Waals surface area contributed by atoms with Crippen LogP contribution in [0.3, 0.4) is 0 Å². The molecule has 0 atom stereocenters. The Hall–Kier alpha value is 0.243. The average Bonchev–Trinajstić information content (AvgIpc) is 2.68. The van der Waals surface area contributed by atoms with Crippen molar-refractivity contribution in [2.75, 3.05) is 13.2 Å². The van der Waals surface area contributed by atoms with Crippen LogP contribution in [0, 0.1) is 0 Å². The van der Waals surface area contributed by atoms with Gasteiger partial charge in [-0.05, 0) is 12.8 Å². The molecule has 132 valence electrons. The summed E-state index contributed by atoms with van der Waals surface area (Å²) in [5, 5.41) is 0. The zero-order valence-corrected chi connectivity index (χ0v) is 14.4. The Bertz CT molecular complexity index is 443. The minimum absolute atomic E-state index is 0. The molecule has 0 aromatic rings. The van der Waals surface area contributed by atoms with E-state index >= 15 is 0 Å². The van der Waals surface area contributed by atoms with Crippen molar-refractivity contribution in [3.8, 4) is 0 Å². The second-order valence-corrected chi connectivity index (χ2v) is 5.86. The zero-order valence-electron chi connectivity index (χ0n) is 10.3. The molecule has 7 nitrogen and oxygen atoms in total. The van der Waals surface area contributed by atoms with Gasteiger partial charge in [0.15, 0.2) is 20.2 Å². The molecule has 16 heteroatoms. The van der Waals surface area contributed by atoms with Crippen LogP contribution < -0.4 is 0 Å². The Morgan fingerprint density at radius 1 is 0.727 bits per heavy atom. The summed E-state index contributed by atoms with van der Waals surface area (Å²) in [6.07, 6.45) is 2.56. The summed E-state index contributed by atoms with van der Waals surface area (Å²) in [6.45, 7) is 2.00. The molecular formula is C6H8F6O7S2Zr. The van der Waals surface area contributed by atoms with Crippen molar-refractivity contribution in [3.63, 3.8) is 0 Å². The summed E-state index contributed by atoms with van der Waals surface area (Å²) in [7, 11) is -12.2. The molecule has 0 amide bonds. The molecule has 0 aromatic heterocycles. The van der Waals surface area contributed by atoms with E-state index in [1.54, 1.807) is 0 Å². The van der Waals surface area contributed by atoms with Gasteiger partial charge in [0, 0.05) is 13.2 Å². The van der Waals surface area contributed by atoms with Crippen LogP contribution in [0.25, 0.3) is 0 Å². The van der Waals surface area contributed by atoms with Gasteiger partial charge in [-0.3, -0.25) is 0 Å². The molecule has 1 fully saturated rings. The minimum atomic E-state index is -6.09. The Morgan fingerprint density at radius 2 is 0.909 bits per heavy atom. The SMILES string of the molecule is C1CCOC1.O=S(=O)([O-])C(F)(F)F.O=S(=O)([O-])C(F)(F)F.[Zr+2]. The number of alkyl halides is 6. The quantitative estimate of drug-likeness (QED) is 0.298. The molecular weight excluding hydrogens is 453 g/mol. The van der Waals surface area contributed by atoms with Gasteiger partial charge < -0.3 is 13.8 Å². The Kier molecular flexibility index (Phi) is 12.5. The minimum Gasteiger partial charge on any atom is -0.741 e. The van der Waals surface area contributed by atoms with E-state index in [9.17, 15) is 26.3 Å². The maximum atomic E-state index is 10.7. The van der Waals surface area contributed by atoms with Crippen LogP contribution in [0.5, 0.6) is 0 Å². The van der Waals surface area contributed by atoms with Gasteiger partial charge in [-0.2, -0.15) is 26.3 Å². The van der Waals surface area contributed by atoms with Crippen LogP contribution in [0.4, 0.5) is 26.3 Å². The van der Waals surface area contributed by atoms with Crippen molar-refractivity contribution >= 4 is 20.2 Å². The maximum absolute atomic E-state index is 10.7. The summed E-state index contributed by atoms with van der Waals surface area (Å²) < 4.78 is 123. The van der Waals surface area contributed by atoms with Gasteiger partial charge in [-0.15, -0.1) is 0 Å². The molecule has 0 aromatic carbocycles. The number of hydrogen-bond donors (Lipinski definition) is 0. The van der Waals surface area contributed by atoms with Gasteiger partial charge in [0.25, 0.3) is 0 Å². The smallest absolute Gasteiger partial charge is 0.741 e. The largest absolute Gasteiger partial charge is 2.00 e. The van der Waals surface area contributed by atoms with Crippen molar-refractivity contribution in [3.05, 3.63) is 0 Å². The fraction of sp³-hybridized carbons (Fsp3) is 1.00. The van der Waals surface area contributed by atoms with E-state index in [-0.39, 0.29) is 26.2 Å². The number of hydrogen-bond acceptors (Lipinski definition) is 7. The fourth-order valence-corrected chi connectivity index (χ4v) is 0.510. The Labute approximate surface area is 140 Å². The van der Waals surface area contributed by atoms with Crippen molar-refractivity contribution in [1.29, 1.82) is 0 Å². The zero-order chi connectivity index (χ0) is 17.5. The van der Waals surface area contributed by atoms with Gasteiger partial charge in [0.2, 0.25) is 0 Å². The maximum Gasteiger partial charge on any atom is 2.00 e. The molecule has 1 aliphatic rings. The summed E-state index contributed by atoms with van der Waals surface area (Å²) in [5.74, 6) is 0. The van der Waals surface area contributed by atoms with E-state index in [4.69, 9.17) is 30.7 Å². The third-order valence-corrected chi connectivity index (χ3v) is 2.53. The molecule has 0 radical (unpaired) electrons. The van der Waals surface area contributed by atoms with Gasteiger partial charge in [0.05, 0.1) is 0 Å². The van der Waals surface area contributed by atoms with Crippen molar-refractivity contribution < 1.29 is 83.2 Å². The Morgan fingerprint density at radius 3 is 0.955 bits per heavy atom. The van der Waals surface area contributed by atoms with E-state index in [0.29, 0.717) is 0 Å². The molecule has 0 unspecified atom stereocenters. The predicted octanol–water partition coefficient (Wildman–Crippen LogP) is 0.897. The monoisotopic (exact) mass is 460 g/mol. The van der Waals surface area contributed by atoms with Gasteiger partial charge in [-0.25, -0.2) is 16.8 Å². The number of rotatable bonds is 0. The van der Waals surface area contributed by atoms with E-state index in [0.717, 1.165) is 13.2 Å². The summed E-state index contributed by atoms with van der Waals surface area (Å²) in [4.78, 5) is 0. The summed E-state index contributed by atoms with van der Waals surface area (Å²) >= 11 is 0. The number of halogens is 6. The topological polar surface area (TPSA) is 124 Å². The molecule has 1 saturated heterocycles. The summed E-state index contributed by atoms with van der Waals surface area (Å²) in [5.41, 5.74) is -11.3. The van der Waals surface area contributed by atoms with Crippen LogP contribution in [0.1, 0.15) is 12.8 Å². The van der Waals surface area contributed by atoms with E-state index in [1.165, 1.54) is 12.8 Å². The van der Waals surface area contributed by atoms with Crippen LogP contribution in [-0.2, 0) is 51.2 Å². The third-order valence-electron chi connectivity index (χ3n) is 1.39. The van der Waals surface area contributed by atoms with Crippen LogP contribution >= 0.6 is 0 Å². The first-order valence-electron chi connectivity index (χ1n) is 4.62. The van der Waals surface area contributed by atoms with Crippen LogP contribution in [0.2, 0.25) is 0 Å². The van der Waals surface area contributed by atoms with E-state index in [1.807, 2.05) is 0 Å². The molecule has 0 aliphatic carbocycles. The Balaban J connectivity index is -0.000000246. The second kappa shape index (κ2) is 10.2. The van der Waals surface area contributed by atoms with Gasteiger partial charge in [0.1, 0.15) is 0 Å². The number of ether oxygens (including phenoxy) is 1. The van der Waals surface area contributed by atoms with E-state index < -0.39 is 31.3 Å². The molecule has 0 N–H and O–H groups in total. The summed E-state index contributed by atoms with van der Waals surface area (Å²) in [6, 6.07) is 0. The molecule has 1 heterocycles. The molecule has 0 saturated carbocycles. The predicted molar refractivity (Wildman–Crippen MR) is 51.6 cm³/mol. The standard InChI is InChI=1S/C4H8O.2CHF3O3S.Zr/c1-2-4-5-3-1;2*2-1(3,4)8(5,6)7;/h1-4H2;2*(H,5,6,7);/q;;;+2/p-2. The molecule has 0 spiro atoms. The average molecular weight is 461 g/mol. The normalized spacial score (nSPS) is 15.6. The van der Waals surface area contributed by atoms with Crippen molar-refractivity contribution in [2.24, 2.45) is 0 Å². The molecule has 1 aliphatic heterocycles. The fourth-order valence-electron chi connectivity index (χ4n) is 0.510. The molecule has 1 rings (SSSR count). The van der Waals surface area contributed by atoms with Crippen molar-refractivity contribution in [1.82, 2.24) is 0 Å². The van der Waals surface area contributed by atoms with Gasteiger partial charge in [-0.1, -0.05) is 0 Å². The van der Waals surface area contributed by atoms with E-state index in [2.05, 4.69) is 0 Å². The third kappa shape index (κ3) is 13.9. The van der Waals surface area contributed by atoms with Crippen LogP contribution in [0.15, 0.2) is 0 Å². The first-order chi connectivity index (χ1) is 9.00.